The van der Waals surface area contributed by atoms with E-state index in [1.165, 1.54) is 12.3 Å². The Hall–Kier alpha value is -2.44. The van der Waals surface area contributed by atoms with E-state index in [2.05, 4.69) is 20.5 Å². The fraction of sp³-hybridized carbons (Fsp3) is 0.100. The van der Waals surface area contributed by atoms with Gasteiger partial charge in [-0.2, -0.15) is 5.10 Å². The predicted octanol–water partition coefficient (Wildman–Crippen LogP) is 1.09. The molecule has 2 aromatic rings. The lowest BCUT2D eigenvalue weighted by atomic mass is 10.3. The van der Waals surface area contributed by atoms with Gasteiger partial charge in [0.2, 0.25) is 0 Å². The molecule has 17 heavy (non-hydrogen) atoms. The summed E-state index contributed by atoms with van der Waals surface area (Å²) < 4.78 is 13.2. The van der Waals surface area contributed by atoms with E-state index in [4.69, 9.17) is 5.73 Å². The van der Waals surface area contributed by atoms with Crippen molar-refractivity contribution in [2.75, 3.05) is 11.1 Å². The van der Waals surface area contributed by atoms with Crippen LogP contribution in [0.4, 0.5) is 15.8 Å². The van der Waals surface area contributed by atoms with Gasteiger partial charge in [0.25, 0.3) is 5.91 Å². The number of carbonyl (C=O) groups is 1. The first-order valence-electron chi connectivity index (χ1n) is 4.81. The molecule has 88 valence electrons. The summed E-state index contributed by atoms with van der Waals surface area (Å²) in [6.45, 7) is 1.69. The Morgan fingerprint density at radius 2 is 2.35 bits per heavy atom. The second kappa shape index (κ2) is 4.20. The predicted molar refractivity (Wildman–Crippen MR) is 59.9 cm³/mol. The van der Waals surface area contributed by atoms with E-state index in [9.17, 15) is 9.18 Å². The summed E-state index contributed by atoms with van der Waals surface area (Å²) in [5.41, 5.74) is 6.54. The van der Waals surface area contributed by atoms with Crippen LogP contribution in [0.5, 0.6) is 0 Å². The highest BCUT2D eigenvalue weighted by molar-refractivity contribution is 6.06. The standard InChI is InChI=1S/C10H10FN5O/c1-5-8(12)9(16-15-5)10(17)14-7-2-3-13-4-6(7)11/h2-4H,12H2,1H3,(H,15,16)(H,13,14,17). The monoisotopic (exact) mass is 235 g/mol. The number of aromatic nitrogens is 3. The first-order chi connectivity index (χ1) is 8.09. The van der Waals surface area contributed by atoms with Gasteiger partial charge in [-0.05, 0) is 13.0 Å². The number of nitrogen functional groups attached to an aromatic ring is 1. The molecule has 2 aromatic heterocycles. The Labute approximate surface area is 96.1 Å². The number of H-pyrrole nitrogens is 1. The Bertz CT molecular complexity index is 566. The maximum atomic E-state index is 13.2. The van der Waals surface area contributed by atoms with Crippen LogP contribution in [0, 0.1) is 12.7 Å². The molecule has 4 N–H and O–H groups in total. The SMILES string of the molecule is Cc1[nH]nc(C(=O)Nc2ccncc2F)c1N. The summed E-state index contributed by atoms with van der Waals surface area (Å²) in [7, 11) is 0. The zero-order valence-electron chi connectivity index (χ0n) is 8.99. The van der Waals surface area contributed by atoms with Gasteiger partial charge in [0.05, 0.1) is 23.3 Å². The molecule has 0 bridgehead atoms. The van der Waals surface area contributed by atoms with Crippen LogP contribution >= 0.6 is 0 Å². The van der Waals surface area contributed by atoms with Gasteiger partial charge in [-0.15, -0.1) is 0 Å². The molecule has 2 rings (SSSR count). The molecule has 0 unspecified atom stereocenters. The van der Waals surface area contributed by atoms with E-state index >= 15 is 0 Å². The highest BCUT2D eigenvalue weighted by atomic mass is 19.1. The number of carbonyl (C=O) groups excluding carboxylic acids is 1. The van der Waals surface area contributed by atoms with Gasteiger partial charge >= 0.3 is 0 Å². The van der Waals surface area contributed by atoms with E-state index in [-0.39, 0.29) is 17.1 Å². The maximum Gasteiger partial charge on any atom is 0.278 e. The molecule has 0 atom stereocenters. The number of aryl methyl sites for hydroxylation is 1. The highest BCUT2D eigenvalue weighted by Crippen LogP contribution is 2.16. The first-order valence-corrected chi connectivity index (χ1v) is 4.81. The van der Waals surface area contributed by atoms with E-state index in [1.807, 2.05) is 0 Å². The molecular formula is C10H10FN5O. The third-order valence-corrected chi connectivity index (χ3v) is 2.23. The molecule has 7 heteroatoms. The molecule has 0 saturated heterocycles. The minimum atomic E-state index is -0.619. The van der Waals surface area contributed by atoms with Gasteiger partial charge in [0.1, 0.15) is 0 Å². The number of pyridine rings is 1. The fourth-order valence-electron chi connectivity index (χ4n) is 1.27. The zero-order chi connectivity index (χ0) is 12.4. The smallest absolute Gasteiger partial charge is 0.278 e. The number of nitrogens with one attached hydrogen (secondary N) is 2. The van der Waals surface area contributed by atoms with E-state index in [1.54, 1.807) is 6.92 Å². The topological polar surface area (TPSA) is 96.7 Å². The van der Waals surface area contributed by atoms with E-state index in [0.717, 1.165) is 6.20 Å². The maximum absolute atomic E-state index is 13.2. The van der Waals surface area contributed by atoms with Crippen LogP contribution in [0.2, 0.25) is 0 Å². The highest BCUT2D eigenvalue weighted by Gasteiger charge is 2.16. The number of hydrogen-bond acceptors (Lipinski definition) is 4. The number of amides is 1. The average Bonchev–Trinajstić information content (AvgIpc) is 2.63. The molecule has 1 amide bonds. The molecular weight excluding hydrogens is 225 g/mol. The van der Waals surface area contributed by atoms with E-state index in [0.29, 0.717) is 5.69 Å². The van der Waals surface area contributed by atoms with E-state index < -0.39 is 11.7 Å². The van der Waals surface area contributed by atoms with Crippen LogP contribution < -0.4 is 11.1 Å². The van der Waals surface area contributed by atoms with Crippen molar-refractivity contribution >= 4 is 17.3 Å². The van der Waals surface area contributed by atoms with Gasteiger partial charge in [-0.1, -0.05) is 0 Å². The number of nitrogens with zero attached hydrogens (tertiary/aromatic N) is 2. The van der Waals surface area contributed by atoms with Gasteiger partial charge in [-0.3, -0.25) is 14.9 Å². The Morgan fingerprint density at radius 3 is 2.94 bits per heavy atom. The lowest BCUT2D eigenvalue weighted by Crippen LogP contribution is -2.15. The van der Waals surface area contributed by atoms with Crippen LogP contribution in [0.25, 0.3) is 0 Å². The van der Waals surface area contributed by atoms with Gasteiger partial charge < -0.3 is 11.1 Å². The van der Waals surface area contributed by atoms with Crippen molar-refractivity contribution < 1.29 is 9.18 Å². The summed E-state index contributed by atoms with van der Waals surface area (Å²) >= 11 is 0. The number of hydrogen-bond donors (Lipinski definition) is 3. The van der Waals surface area contributed by atoms with Crippen LogP contribution in [-0.4, -0.2) is 21.1 Å². The second-order valence-electron chi connectivity index (χ2n) is 3.42. The first kappa shape index (κ1) is 11.1. The molecule has 0 saturated carbocycles. The van der Waals surface area contributed by atoms with Crippen LogP contribution in [-0.2, 0) is 0 Å². The summed E-state index contributed by atoms with van der Waals surface area (Å²) in [6, 6.07) is 1.35. The van der Waals surface area contributed by atoms with Crippen molar-refractivity contribution in [1.29, 1.82) is 0 Å². The van der Waals surface area contributed by atoms with Gasteiger partial charge in [0, 0.05) is 6.20 Å². The summed E-state index contributed by atoms with van der Waals surface area (Å²) in [5, 5.41) is 8.68. The lowest BCUT2D eigenvalue weighted by Gasteiger charge is -2.04. The van der Waals surface area contributed by atoms with Crippen molar-refractivity contribution in [3.05, 3.63) is 35.7 Å². The quantitative estimate of drug-likeness (QED) is 0.725. The van der Waals surface area contributed by atoms with Crippen LogP contribution in [0.3, 0.4) is 0 Å². The lowest BCUT2D eigenvalue weighted by molar-refractivity contribution is 0.102. The Morgan fingerprint density at radius 1 is 1.59 bits per heavy atom. The number of halogens is 1. The molecule has 0 fully saturated rings. The average molecular weight is 235 g/mol. The summed E-state index contributed by atoms with van der Waals surface area (Å²) in [6.07, 6.45) is 2.38. The molecule has 0 spiro atoms. The summed E-state index contributed by atoms with van der Waals surface area (Å²) in [4.78, 5) is 15.3. The molecule has 0 aromatic carbocycles. The number of rotatable bonds is 2. The molecule has 0 radical (unpaired) electrons. The van der Waals surface area contributed by atoms with Crippen molar-refractivity contribution in [2.45, 2.75) is 6.92 Å². The van der Waals surface area contributed by atoms with Crippen molar-refractivity contribution in [1.82, 2.24) is 15.2 Å². The minimum Gasteiger partial charge on any atom is -0.395 e. The summed E-state index contributed by atoms with van der Waals surface area (Å²) in [5.74, 6) is -1.19. The van der Waals surface area contributed by atoms with Crippen molar-refractivity contribution in [3.8, 4) is 0 Å². The number of anilines is 2. The van der Waals surface area contributed by atoms with Gasteiger partial charge in [0.15, 0.2) is 11.5 Å². The normalized spacial score (nSPS) is 10.2. The number of nitrogens with two attached hydrogens (primary N) is 1. The molecule has 0 aliphatic heterocycles. The van der Waals surface area contributed by atoms with Crippen LogP contribution in [0.1, 0.15) is 16.2 Å². The second-order valence-corrected chi connectivity index (χ2v) is 3.42. The molecule has 6 nitrogen and oxygen atoms in total. The van der Waals surface area contributed by atoms with Crippen LogP contribution in [0.15, 0.2) is 18.5 Å². The number of aromatic amines is 1. The Kier molecular flexibility index (Phi) is 2.73. The zero-order valence-corrected chi connectivity index (χ0v) is 8.99. The Balaban J connectivity index is 2.23. The van der Waals surface area contributed by atoms with Gasteiger partial charge in [-0.25, -0.2) is 4.39 Å². The minimum absolute atomic E-state index is 0.0325. The van der Waals surface area contributed by atoms with Crippen molar-refractivity contribution in [3.63, 3.8) is 0 Å². The third-order valence-electron chi connectivity index (χ3n) is 2.23. The third kappa shape index (κ3) is 2.07. The molecule has 0 aliphatic rings. The van der Waals surface area contributed by atoms with Crippen molar-refractivity contribution in [2.24, 2.45) is 0 Å². The fourth-order valence-corrected chi connectivity index (χ4v) is 1.27. The molecule has 2 heterocycles. The largest absolute Gasteiger partial charge is 0.395 e. The molecule has 0 aliphatic carbocycles.